The highest BCUT2D eigenvalue weighted by atomic mass is 32.2. The molecular formula is C25H25F4N5O7S2. The van der Waals surface area contributed by atoms with Gasteiger partial charge >= 0.3 is 12.1 Å². The molecule has 0 radical (unpaired) electrons. The number of amides is 1. The van der Waals surface area contributed by atoms with Crippen LogP contribution in [0.2, 0.25) is 0 Å². The Morgan fingerprint density at radius 2 is 1.63 bits per heavy atom. The Hall–Kier alpha value is -4.55. The lowest BCUT2D eigenvalue weighted by Gasteiger charge is -2.20. The largest absolute Gasteiger partial charge is 0.490 e. The van der Waals surface area contributed by atoms with Crippen LogP contribution in [0.3, 0.4) is 0 Å². The Morgan fingerprint density at radius 3 is 2.14 bits per heavy atom. The zero-order chi connectivity index (χ0) is 32.6. The lowest BCUT2D eigenvalue weighted by Crippen LogP contribution is -2.43. The third-order valence-corrected chi connectivity index (χ3v) is 6.79. The number of benzene rings is 3. The molecule has 0 aliphatic carbocycles. The summed E-state index contributed by atoms with van der Waals surface area (Å²) in [5.74, 6) is 1.02. The zero-order valence-electron chi connectivity index (χ0n) is 22.0. The molecule has 0 aliphatic rings. The topological polar surface area (TPSA) is 211 Å². The maximum Gasteiger partial charge on any atom is 0.490 e. The van der Waals surface area contributed by atoms with Gasteiger partial charge in [-0.05, 0) is 47.0 Å². The van der Waals surface area contributed by atoms with E-state index in [-0.39, 0.29) is 16.9 Å². The first-order valence-electron chi connectivity index (χ1n) is 11.6. The molecule has 0 unspecified atom stereocenters. The van der Waals surface area contributed by atoms with Crippen LogP contribution in [0, 0.1) is 5.82 Å². The number of alkyl halides is 3. The third-order valence-electron chi connectivity index (χ3n) is 5.24. The predicted octanol–water partition coefficient (Wildman–Crippen LogP) is 2.17. The second-order valence-electron chi connectivity index (χ2n) is 8.73. The molecule has 0 bridgehead atoms. The van der Waals surface area contributed by atoms with Crippen LogP contribution < -0.4 is 21.0 Å². The Balaban J connectivity index is 0.000000821. The lowest BCUT2D eigenvalue weighted by atomic mass is 10.0. The van der Waals surface area contributed by atoms with Crippen molar-refractivity contribution in [2.75, 3.05) is 11.6 Å². The van der Waals surface area contributed by atoms with Gasteiger partial charge < -0.3 is 16.3 Å². The van der Waals surface area contributed by atoms with Gasteiger partial charge in [0, 0.05) is 17.7 Å². The minimum absolute atomic E-state index is 0.0776. The number of primary sulfonamides is 1. The molecular weight excluding hydrogens is 622 g/mol. The van der Waals surface area contributed by atoms with Crippen LogP contribution in [-0.4, -0.2) is 58.5 Å². The fourth-order valence-electron chi connectivity index (χ4n) is 3.51. The van der Waals surface area contributed by atoms with Crippen LogP contribution in [0.1, 0.15) is 11.1 Å². The summed E-state index contributed by atoms with van der Waals surface area (Å²) < 4.78 is 94.7. The molecule has 3 aromatic rings. The molecule has 1 amide bonds. The maximum absolute atomic E-state index is 13.8. The second kappa shape index (κ2) is 14.1. The van der Waals surface area contributed by atoms with Crippen LogP contribution in [0.4, 0.5) is 23.2 Å². The summed E-state index contributed by atoms with van der Waals surface area (Å²) in [5, 5.41) is 18.8. The molecule has 0 spiro atoms. The van der Waals surface area contributed by atoms with E-state index >= 15 is 0 Å². The average Bonchev–Trinajstić information content (AvgIpc) is 2.87. The van der Waals surface area contributed by atoms with Gasteiger partial charge in [-0.15, -0.1) is 0 Å². The number of carboxylic acid groups (broad SMARTS) is 1. The van der Waals surface area contributed by atoms with Crippen LogP contribution in [-0.2, 0) is 36.1 Å². The number of sulfonamides is 2. The number of nitrogens with two attached hydrogens (primary N) is 2. The van der Waals surface area contributed by atoms with Crippen molar-refractivity contribution in [1.29, 1.82) is 0 Å². The van der Waals surface area contributed by atoms with E-state index in [4.69, 9.17) is 20.9 Å². The first-order chi connectivity index (χ1) is 19.8. The van der Waals surface area contributed by atoms with E-state index in [9.17, 15) is 39.2 Å². The summed E-state index contributed by atoms with van der Waals surface area (Å²) >= 11 is 0. The van der Waals surface area contributed by atoms with Gasteiger partial charge in [0.2, 0.25) is 20.0 Å². The van der Waals surface area contributed by atoms with Gasteiger partial charge in [0.15, 0.2) is 0 Å². The van der Waals surface area contributed by atoms with Crippen molar-refractivity contribution in [3.63, 3.8) is 0 Å². The average molecular weight is 648 g/mol. The van der Waals surface area contributed by atoms with Gasteiger partial charge in [-0.3, -0.25) is 9.52 Å². The van der Waals surface area contributed by atoms with E-state index in [1.807, 2.05) is 4.72 Å². The molecule has 1 atom stereocenters. The van der Waals surface area contributed by atoms with Gasteiger partial charge in [-0.1, -0.05) is 36.4 Å². The number of anilines is 1. The molecule has 232 valence electrons. The van der Waals surface area contributed by atoms with Crippen LogP contribution in [0.5, 0.6) is 0 Å². The summed E-state index contributed by atoms with van der Waals surface area (Å²) in [5.41, 5.74) is 2.29. The minimum atomic E-state index is -5.08. The molecule has 12 nitrogen and oxygen atoms in total. The normalized spacial score (nSPS) is 12.6. The Bertz CT molecular complexity index is 1710. The Kier molecular flexibility index (Phi) is 11.3. The number of nitrogens with one attached hydrogen (secondary N) is 2. The van der Waals surface area contributed by atoms with Crippen molar-refractivity contribution >= 4 is 43.8 Å². The molecule has 0 aliphatic heterocycles. The van der Waals surface area contributed by atoms with Gasteiger partial charge in [-0.25, -0.2) is 31.2 Å². The van der Waals surface area contributed by atoms with Crippen molar-refractivity contribution in [3.8, 4) is 11.1 Å². The van der Waals surface area contributed by atoms with Crippen molar-refractivity contribution in [1.82, 2.24) is 4.72 Å². The number of halogens is 4. The number of rotatable bonds is 9. The summed E-state index contributed by atoms with van der Waals surface area (Å²) in [6, 6.07) is 15.3. The molecule has 0 heterocycles. The molecule has 3 aromatic carbocycles. The summed E-state index contributed by atoms with van der Waals surface area (Å²) in [6.45, 7) is 0. The molecule has 43 heavy (non-hydrogen) atoms. The summed E-state index contributed by atoms with van der Waals surface area (Å²) in [4.78, 5) is 21.4. The number of aliphatic carboxylic acids is 1. The third kappa shape index (κ3) is 11.3. The highest BCUT2D eigenvalue weighted by Gasteiger charge is 2.38. The number of carbonyl (C=O) groups excluding carboxylic acids is 1. The zero-order valence-corrected chi connectivity index (χ0v) is 23.7. The van der Waals surface area contributed by atoms with Crippen molar-refractivity contribution < 1.29 is 49.1 Å². The molecule has 0 fully saturated rings. The van der Waals surface area contributed by atoms with Gasteiger partial charge in [0.25, 0.3) is 5.91 Å². The van der Waals surface area contributed by atoms with E-state index in [0.717, 1.165) is 24.5 Å². The number of carboxylic acids is 1. The molecule has 7 N–H and O–H groups in total. The number of hydrazone groups is 1. The number of carbonyl (C=O) groups is 2. The Labute approximate surface area is 243 Å². The molecule has 0 aromatic heterocycles. The van der Waals surface area contributed by atoms with E-state index in [1.54, 1.807) is 36.4 Å². The molecule has 18 heteroatoms. The van der Waals surface area contributed by atoms with Crippen molar-refractivity contribution in [3.05, 3.63) is 83.7 Å². The standard InChI is InChI=1S/C23H24FN5O5S2.C2HF3O2/c1-35(31,32)29-23(30)21(12-15-3-2-4-16(11-15)14-27-25)28-19-8-5-17(6-9-19)20-13-18(24)7-10-22(20)36(26,33)34;3-2(4,5)1(6)7/h2-11,13-14,21,28H,12,25H2,1H3,(H,29,30)(H2,26,33,34);(H,6,7)/t21-;/m0./s1. The highest BCUT2D eigenvalue weighted by molar-refractivity contribution is 7.89. The van der Waals surface area contributed by atoms with E-state index in [1.165, 1.54) is 18.3 Å². The quantitative estimate of drug-likeness (QED) is 0.0995. The first kappa shape index (κ1) is 34.7. The summed E-state index contributed by atoms with van der Waals surface area (Å²) in [6.07, 6.45) is -2.66. The van der Waals surface area contributed by atoms with Crippen LogP contribution >= 0.6 is 0 Å². The number of hydrogen-bond acceptors (Lipinski definition) is 9. The van der Waals surface area contributed by atoms with Crippen LogP contribution in [0.25, 0.3) is 11.1 Å². The fraction of sp³-hybridized carbons (Fsp3) is 0.160. The predicted molar refractivity (Wildman–Crippen MR) is 149 cm³/mol. The van der Waals surface area contributed by atoms with E-state index in [0.29, 0.717) is 22.4 Å². The van der Waals surface area contributed by atoms with E-state index in [2.05, 4.69) is 10.4 Å². The first-order valence-corrected chi connectivity index (χ1v) is 15.1. The smallest absolute Gasteiger partial charge is 0.475 e. The lowest BCUT2D eigenvalue weighted by molar-refractivity contribution is -0.192. The summed E-state index contributed by atoms with van der Waals surface area (Å²) in [7, 11) is -7.92. The second-order valence-corrected chi connectivity index (χ2v) is 12.0. The SMILES string of the molecule is CS(=O)(=O)NC(=O)[C@H](Cc1cccc(C=NN)c1)Nc1ccc(-c2cc(F)ccc2S(N)(=O)=O)cc1.O=C(O)C(F)(F)F. The monoisotopic (exact) mass is 647 g/mol. The van der Waals surface area contributed by atoms with Crippen molar-refractivity contribution in [2.45, 2.75) is 23.5 Å². The van der Waals surface area contributed by atoms with Crippen molar-refractivity contribution in [2.24, 2.45) is 16.1 Å². The van der Waals surface area contributed by atoms with Gasteiger partial charge in [0.1, 0.15) is 11.9 Å². The Morgan fingerprint density at radius 1 is 1.02 bits per heavy atom. The highest BCUT2D eigenvalue weighted by Crippen LogP contribution is 2.29. The van der Waals surface area contributed by atoms with E-state index < -0.39 is 50.0 Å². The number of nitrogens with zero attached hydrogens (tertiary/aromatic N) is 1. The maximum atomic E-state index is 13.8. The number of hydrogen-bond donors (Lipinski definition) is 5. The molecule has 0 saturated heterocycles. The fourth-order valence-corrected chi connectivity index (χ4v) is 4.76. The van der Waals surface area contributed by atoms with Gasteiger partial charge in [0.05, 0.1) is 17.4 Å². The minimum Gasteiger partial charge on any atom is -0.475 e. The molecule has 0 saturated carbocycles. The van der Waals surface area contributed by atoms with Crippen LogP contribution in [0.15, 0.2) is 76.7 Å². The molecule has 3 rings (SSSR count). The van der Waals surface area contributed by atoms with Gasteiger partial charge in [-0.2, -0.15) is 18.3 Å².